The molecule has 0 aromatic carbocycles. The molecule has 4 nitrogen and oxygen atoms in total. The normalized spacial score (nSPS) is 20.3. The van der Waals surface area contributed by atoms with E-state index in [-0.39, 0.29) is 12.0 Å². The van der Waals surface area contributed by atoms with Crippen LogP contribution in [0.3, 0.4) is 0 Å². The summed E-state index contributed by atoms with van der Waals surface area (Å²) in [6, 6.07) is 0. The van der Waals surface area contributed by atoms with Gasteiger partial charge in [0.15, 0.2) is 17.7 Å². The average molecular weight is 317 g/mol. The first kappa shape index (κ1) is 18.7. The molecule has 1 fully saturated rings. The third kappa shape index (κ3) is 5.09. The molecule has 126 valence electrons. The van der Waals surface area contributed by atoms with E-state index in [4.69, 9.17) is 9.47 Å². The lowest BCUT2D eigenvalue weighted by Gasteiger charge is -2.12. The molecular formula is C19H27NO3. The predicted octanol–water partition coefficient (Wildman–Crippen LogP) is 4.62. The Bertz CT molecular complexity index is 565. The van der Waals surface area contributed by atoms with Crippen LogP contribution in [0, 0.1) is 0 Å². The number of aliphatic hydroxyl groups excluding tert-OH is 1. The van der Waals surface area contributed by atoms with Crippen molar-refractivity contribution in [1.29, 1.82) is 0 Å². The van der Waals surface area contributed by atoms with Gasteiger partial charge in [0, 0.05) is 18.1 Å². The van der Waals surface area contributed by atoms with Crippen LogP contribution in [-0.4, -0.2) is 18.4 Å². The molecule has 2 aliphatic rings. The van der Waals surface area contributed by atoms with E-state index in [9.17, 15) is 5.11 Å². The van der Waals surface area contributed by atoms with Gasteiger partial charge in [-0.3, -0.25) is 0 Å². The van der Waals surface area contributed by atoms with Gasteiger partial charge in [-0.15, -0.1) is 0 Å². The van der Waals surface area contributed by atoms with Crippen LogP contribution in [0.2, 0.25) is 0 Å². The first-order valence-electron chi connectivity index (χ1n) is 7.87. The maximum Gasteiger partial charge on any atom is 0.196 e. The molecule has 0 bridgehead atoms. The molecule has 0 aromatic rings. The molecule has 4 heteroatoms. The van der Waals surface area contributed by atoms with Gasteiger partial charge in [-0.25, -0.2) is 0 Å². The lowest BCUT2D eigenvalue weighted by Crippen LogP contribution is -2.23. The summed E-state index contributed by atoms with van der Waals surface area (Å²) >= 11 is 0. The van der Waals surface area contributed by atoms with Gasteiger partial charge >= 0.3 is 0 Å². The number of allylic oxidation sites excluding steroid dienone is 5. The lowest BCUT2D eigenvalue weighted by atomic mass is 10.2. The summed E-state index contributed by atoms with van der Waals surface area (Å²) in [6.07, 6.45) is 12.4. The van der Waals surface area contributed by atoms with Gasteiger partial charge in [0.25, 0.3) is 0 Å². The van der Waals surface area contributed by atoms with Crippen molar-refractivity contribution in [2.75, 3.05) is 7.11 Å². The van der Waals surface area contributed by atoms with Gasteiger partial charge in [-0.1, -0.05) is 51.2 Å². The molecule has 1 unspecified atom stereocenters. The van der Waals surface area contributed by atoms with Crippen molar-refractivity contribution in [2.24, 2.45) is 0 Å². The van der Waals surface area contributed by atoms with Crippen molar-refractivity contribution in [3.8, 4) is 0 Å². The van der Waals surface area contributed by atoms with Gasteiger partial charge in [-0.05, 0) is 13.0 Å². The highest BCUT2D eigenvalue weighted by Crippen LogP contribution is 2.31. The van der Waals surface area contributed by atoms with Crippen molar-refractivity contribution in [3.05, 3.63) is 71.6 Å². The first-order chi connectivity index (χ1) is 11.1. The molecule has 2 rings (SSSR count). The van der Waals surface area contributed by atoms with Gasteiger partial charge in [0.2, 0.25) is 0 Å². The molecule has 0 radical (unpaired) electrons. The highest BCUT2D eigenvalue weighted by Gasteiger charge is 2.30. The molecule has 1 aliphatic heterocycles. The van der Waals surface area contributed by atoms with E-state index >= 15 is 0 Å². The number of rotatable bonds is 4. The summed E-state index contributed by atoms with van der Waals surface area (Å²) in [5.41, 5.74) is 1.83. The third-order valence-corrected chi connectivity index (χ3v) is 3.08. The largest absolute Gasteiger partial charge is 0.512 e. The van der Waals surface area contributed by atoms with Crippen LogP contribution in [0.5, 0.6) is 0 Å². The van der Waals surface area contributed by atoms with Gasteiger partial charge < -0.3 is 19.9 Å². The highest BCUT2D eigenvalue weighted by molar-refractivity contribution is 5.42. The molecule has 1 saturated heterocycles. The van der Waals surface area contributed by atoms with Gasteiger partial charge in [0.1, 0.15) is 0 Å². The van der Waals surface area contributed by atoms with Gasteiger partial charge in [0.05, 0.1) is 18.6 Å². The fourth-order valence-electron chi connectivity index (χ4n) is 2.06. The van der Waals surface area contributed by atoms with Crippen LogP contribution in [0.4, 0.5) is 0 Å². The number of methoxy groups -OCH3 is 1. The SMILES string of the molecule is C=C/C=C\C(=C/C)C1NC2=CCC(O)=CC(OC)=C2O1.CCC. The molecule has 23 heavy (non-hydrogen) atoms. The van der Waals surface area contributed by atoms with Crippen molar-refractivity contribution in [1.82, 2.24) is 5.32 Å². The fourth-order valence-corrected chi connectivity index (χ4v) is 2.06. The zero-order chi connectivity index (χ0) is 17.2. The molecule has 0 spiro atoms. The summed E-state index contributed by atoms with van der Waals surface area (Å²) in [6.45, 7) is 9.86. The maximum absolute atomic E-state index is 9.67. The minimum Gasteiger partial charge on any atom is -0.512 e. The quantitative estimate of drug-likeness (QED) is 0.743. The average Bonchev–Trinajstić information content (AvgIpc) is 2.90. The van der Waals surface area contributed by atoms with E-state index in [2.05, 4.69) is 25.7 Å². The third-order valence-electron chi connectivity index (χ3n) is 3.08. The Labute approximate surface area is 139 Å². The Morgan fingerprint density at radius 1 is 1.52 bits per heavy atom. The maximum atomic E-state index is 9.67. The van der Waals surface area contributed by atoms with Crippen LogP contribution < -0.4 is 5.32 Å². The minimum absolute atomic E-state index is 0.246. The molecule has 1 atom stereocenters. The van der Waals surface area contributed by atoms with E-state index in [0.717, 1.165) is 11.3 Å². The number of hydrogen-bond acceptors (Lipinski definition) is 4. The summed E-state index contributed by atoms with van der Waals surface area (Å²) in [5.74, 6) is 1.38. The topological polar surface area (TPSA) is 50.7 Å². The Morgan fingerprint density at radius 2 is 2.22 bits per heavy atom. The van der Waals surface area contributed by atoms with Crippen LogP contribution in [0.15, 0.2) is 71.6 Å². The van der Waals surface area contributed by atoms with Crippen LogP contribution in [0.25, 0.3) is 0 Å². The molecule has 2 N–H and O–H groups in total. The number of nitrogens with one attached hydrogen (secondary N) is 1. The Balaban J connectivity index is 0.000000816. The highest BCUT2D eigenvalue weighted by atomic mass is 16.5. The molecule has 0 amide bonds. The second-order valence-corrected chi connectivity index (χ2v) is 5.09. The van der Waals surface area contributed by atoms with E-state index in [1.807, 2.05) is 31.2 Å². The molecule has 0 saturated carbocycles. The number of hydrogen-bond donors (Lipinski definition) is 2. The fraction of sp³-hybridized carbons (Fsp3) is 0.368. The predicted molar refractivity (Wildman–Crippen MR) is 94.5 cm³/mol. The van der Waals surface area contributed by atoms with Crippen molar-refractivity contribution in [2.45, 2.75) is 39.8 Å². The zero-order valence-corrected chi connectivity index (χ0v) is 14.4. The minimum atomic E-state index is -0.267. The Hall–Kier alpha value is -2.36. The standard InChI is InChI=1S/C16H19NO3.C3H8/c1-4-6-7-11(5-2)16-17-13-9-8-12(18)10-14(19-3)15(13)20-16;1-3-2/h4-7,9-10,16-18H,1,8H2,2-3H3;3H2,1-2H3/b7-6-,11-5+;. The Morgan fingerprint density at radius 3 is 2.78 bits per heavy atom. The first-order valence-corrected chi connectivity index (χ1v) is 7.87. The van der Waals surface area contributed by atoms with Crippen molar-refractivity contribution >= 4 is 0 Å². The monoisotopic (exact) mass is 317 g/mol. The summed E-state index contributed by atoms with van der Waals surface area (Å²) in [4.78, 5) is 0. The number of aliphatic hydroxyl groups is 1. The molecule has 0 aromatic heterocycles. The molecule has 1 aliphatic carbocycles. The van der Waals surface area contributed by atoms with Crippen molar-refractivity contribution in [3.63, 3.8) is 0 Å². The van der Waals surface area contributed by atoms with Crippen LogP contribution >= 0.6 is 0 Å². The van der Waals surface area contributed by atoms with E-state index in [1.165, 1.54) is 6.42 Å². The van der Waals surface area contributed by atoms with E-state index in [0.29, 0.717) is 17.9 Å². The van der Waals surface area contributed by atoms with E-state index in [1.54, 1.807) is 19.3 Å². The number of ether oxygens (including phenoxy) is 2. The number of fused-ring (bicyclic) bond motifs is 1. The summed E-state index contributed by atoms with van der Waals surface area (Å²) in [7, 11) is 1.56. The Kier molecular flexibility index (Phi) is 7.81. The lowest BCUT2D eigenvalue weighted by molar-refractivity contribution is 0.162. The second kappa shape index (κ2) is 9.62. The van der Waals surface area contributed by atoms with E-state index < -0.39 is 0 Å². The summed E-state index contributed by atoms with van der Waals surface area (Å²) < 4.78 is 11.2. The van der Waals surface area contributed by atoms with Crippen LogP contribution in [-0.2, 0) is 9.47 Å². The van der Waals surface area contributed by atoms with Gasteiger partial charge in [-0.2, -0.15) is 0 Å². The second-order valence-electron chi connectivity index (χ2n) is 5.09. The molecular weight excluding hydrogens is 290 g/mol. The zero-order valence-electron chi connectivity index (χ0n) is 14.4. The van der Waals surface area contributed by atoms with Crippen molar-refractivity contribution < 1.29 is 14.6 Å². The smallest absolute Gasteiger partial charge is 0.196 e. The molecule has 1 heterocycles. The summed E-state index contributed by atoms with van der Waals surface area (Å²) in [5, 5.41) is 12.9. The van der Waals surface area contributed by atoms with Crippen LogP contribution in [0.1, 0.15) is 33.6 Å².